The average molecular weight is 282 g/mol. The van der Waals surface area contributed by atoms with Gasteiger partial charge in [-0.05, 0) is 51.4 Å². The fourth-order valence-electron chi connectivity index (χ4n) is 3.49. The predicted octanol–water partition coefficient (Wildman–Crippen LogP) is 3.71. The van der Waals surface area contributed by atoms with Crippen LogP contribution >= 0.6 is 0 Å². The van der Waals surface area contributed by atoms with Gasteiger partial charge in [0, 0.05) is 12.8 Å². The van der Waals surface area contributed by atoms with Gasteiger partial charge in [-0.2, -0.15) is 0 Å². The van der Waals surface area contributed by atoms with Crippen molar-refractivity contribution in [3.63, 3.8) is 0 Å². The Kier molecular flexibility index (Phi) is 5.42. The molecule has 0 heterocycles. The SMILES string of the molecule is CC(=O)OC[C@@H]1C(C)(C)[C@@H](CC=C(C)C)CC[C@]1(C)O. The first-order valence-electron chi connectivity index (χ1n) is 7.56. The quantitative estimate of drug-likeness (QED) is 0.631. The highest BCUT2D eigenvalue weighted by molar-refractivity contribution is 5.65. The van der Waals surface area contributed by atoms with Crippen LogP contribution in [0.1, 0.15) is 60.8 Å². The fraction of sp³-hybridized carbons (Fsp3) is 0.824. The number of rotatable bonds is 4. The van der Waals surface area contributed by atoms with E-state index >= 15 is 0 Å². The Morgan fingerprint density at radius 1 is 1.30 bits per heavy atom. The van der Waals surface area contributed by atoms with Crippen LogP contribution in [0.2, 0.25) is 0 Å². The van der Waals surface area contributed by atoms with Gasteiger partial charge in [-0.15, -0.1) is 0 Å². The van der Waals surface area contributed by atoms with E-state index in [1.807, 2.05) is 6.92 Å². The molecule has 0 saturated heterocycles. The molecule has 3 atom stereocenters. The maximum Gasteiger partial charge on any atom is 0.302 e. The van der Waals surface area contributed by atoms with Crippen LogP contribution in [0.5, 0.6) is 0 Å². The lowest BCUT2D eigenvalue weighted by Gasteiger charge is -2.52. The number of carbonyl (C=O) groups excluding carboxylic acids is 1. The largest absolute Gasteiger partial charge is 0.465 e. The number of allylic oxidation sites excluding steroid dienone is 2. The molecule has 0 aromatic carbocycles. The van der Waals surface area contributed by atoms with E-state index in [4.69, 9.17) is 4.74 Å². The van der Waals surface area contributed by atoms with Gasteiger partial charge in [-0.3, -0.25) is 4.79 Å². The number of hydrogen-bond acceptors (Lipinski definition) is 3. The second-order valence-electron chi connectivity index (χ2n) is 7.29. The summed E-state index contributed by atoms with van der Waals surface area (Å²) < 4.78 is 5.21. The lowest BCUT2D eigenvalue weighted by Crippen LogP contribution is -2.53. The molecule has 3 heteroatoms. The van der Waals surface area contributed by atoms with Gasteiger partial charge in [-0.25, -0.2) is 0 Å². The molecule has 1 rings (SSSR count). The topological polar surface area (TPSA) is 46.5 Å². The predicted molar refractivity (Wildman–Crippen MR) is 81.3 cm³/mol. The Bertz CT molecular complexity index is 376. The van der Waals surface area contributed by atoms with E-state index in [0.717, 1.165) is 19.3 Å². The van der Waals surface area contributed by atoms with Crippen LogP contribution in [-0.2, 0) is 9.53 Å². The Hall–Kier alpha value is -0.830. The smallest absolute Gasteiger partial charge is 0.302 e. The monoisotopic (exact) mass is 282 g/mol. The first-order chi connectivity index (χ1) is 9.07. The van der Waals surface area contributed by atoms with Crippen molar-refractivity contribution < 1.29 is 14.6 Å². The molecule has 1 aliphatic rings. The highest BCUT2D eigenvalue weighted by Crippen LogP contribution is 2.51. The second kappa shape index (κ2) is 6.30. The molecular weight excluding hydrogens is 252 g/mol. The molecule has 0 aromatic heterocycles. The third-order valence-corrected chi connectivity index (χ3v) is 4.96. The molecule has 1 fully saturated rings. The molecule has 0 radical (unpaired) electrons. The molecule has 116 valence electrons. The fourth-order valence-corrected chi connectivity index (χ4v) is 3.49. The second-order valence-corrected chi connectivity index (χ2v) is 7.29. The molecule has 1 N–H and O–H groups in total. The van der Waals surface area contributed by atoms with E-state index in [2.05, 4.69) is 33.8 Å². The van der Waals surface area contributed by atoms with Gasteiger partial charge in [0.05, 0.1) is 12.2 Å². The van der Waals surface area contributed by atoms with Gasteiger partial charge in [0.15, 0.2) is 0 Å². The standard InChI is InChI=1S/C17H30O3/c1-12(2)7-8-14-9-10-17(6,19)15(16(14,4)5)11-20-13(3)18/h7,14-15,19H,8-11H2,1-6H3/t14-,15+,17-/m0/s1. The van der Waals surface area contributed by atoms with Crippen LogP contribution in [0.25, 0.3) is 0 Å². The summed E-state index contributed by atoms with van der Waals surface area (Å²) in [4.78, 5) is 11.1. The summed E-state index contributed by atoms with van der Waals surface area (Å²) in [5.74, 6) is 0.212. The van der Waals surface area contributed by atoms with Gasteiger partial charge in [0.25, 0.3) is 0 Å². The summed E-state index contributed by atoms with van der Waals surface area (Å²) in [5.41, 5.74) is 0.512. The maximum absolute atomic E-state index is 11.1. The summed E-state index contributed by atoms with van der Waals surface area (Å²) in [6.07, 6.45) is 5.08. The average Bonchev–Trinajstić information content (AvgIpc) is 2.25. The Labute approximate surface area is 123 Å². The van der Waals surface area contributed by atoms with Crippen LogP contribution in [-0.4, -0.2) is 23.3 Å². The van der Waals surface area contributed by atoms with Crippen molar-refractivity contribution in [1.29, 1.82) is 0 Å². The van der Waals surface area contributed by atoms with Crippen LogP contribution in [0.15, 0.2) is 11.6 Å². The number of aliphatic hydroxyl groups is 1. The minimum atomic E-state index is -0.763. The van der Waals surface area contributed by atoms with Crippen LogP contribution in [0, 0.1) is 17.3 Å². The minimum absolute atomic E-state index is 0.0248. The minimum Gasteiger partial charge on any atom is -0.465 e. The van der Waals surface area contributed by atoms with Crippen molar-refractivity contribution >= 4 is 5.97 Å². The van der Waals surface area contributed by atoms with Gasteiger partial charge in [0.2, 0.25) is 0 Å². The number of ether oxygens (including phenoxy) is 1. The molecular formula is C17H30O3. The number of carbonyl (C=O) groups is 1. The van der Waals surface area contributed by atoms with Crippen molar-refractivity contribution in [1.82, 2.24) is 0 Å². The Balaban J connectivity index is 2.90. The van der Waals surface area contributed by atoms with Crippen LogP contribution in [0.3, 0.4) is 0 Å². The zero-order valence-corrected chi connectivity index (χ0v) is 13.8. The van der Waals surface area contributed by atoms with E-state index in [9.17, 15) is 9.90 Å². The molecule has 1 aliphatic carbocycles. The molecule has 3 nitrogen and oxygen atoms in total. The van der Waals surface area contributed by atoms with Crippen molar-refractivity contribution in [3.05, 3.63) is 11.6 Å². The summed E-state index contributed by atoms with van der Waals surface area (Å²) in [7, 11) is 0. The first-order valence-corrected chi connectivity index (χ1v) is 7.56. The lowest BCUT2D eigenvalue weighted by atomic mass is 9.56. The normalized spacial score (nSPS) is 32.5. The molecule has 0 unspecified atom stereocenters. The zero-order chi connectivity index (χ0) is 15.6. The summed E-state index contributed by atoms with van der Waals surface area (Å²) in [6, 6.07) is 0. The summed E-state index contributed by atoms with van der Waals surface area (Å²) in [6.45, 7) is 12.2. The van der Waals surface area contributed by atoms with Crippen molar-refractivity contribution in [3.8, 4) is 0 Å². The Morgan fingerprint density at radius 2 is 1.90 bits per heavy atom. The lowest BCUT2D eigenvalue weighted by molar-refractivity contribution is -0.161. The summed E-state index contributed by atoms with van der Waals surface area (Å²) >= 11 is 0. The van der Waals surface area contributed by atoms with E-state index in [-0.39, 0.29) is 17.3 Å². The highest BCUT2D eigenvalue weighted by atomic mass is 16.5. The van der Waals surface area contributed by atoms with E-state index in [0.29, 0.717) is 12.5 Å². The van der Waals surface area contributed by atoms with Crippen LogP contribution < -0.4 is 0 Å². The Morgan fingerprint density at radius 3 is 2.40 bits per heavy atom. The van der Waals surface area contributed by atoms with E-state index in [1.54, 1.807) is 0 Å². The zero-order valence-electron chi connectivity index (χ0n) is 13.8. The molecule has 0 spiro atoms. The first kappa shape index (κ1) is 17.2. The number of hydrogen-bond donors (Lipinski definition) is 1. The third kappa shape index (κ3) is 4.08. The van der Waals surface area contributed by atoms with Crippen molar-refractivity contribution in [2.24, 2.45) is 17.3 Å². The molecule has 1 saturated carbocycles. The van der Waals surface area contributed by atoms with Gasteiger partial charge in [0.1, 0.15) is 0 Å². The van der Waals surface area contributed by atoms with Crippen molar-refractivity contribution in [2.75, 3.05) is 6.61 Å². The van der Waals surface area contributed by atoms with E-state index in [1.165, 1.54) is 12.5 Å². The third-order valence-electron chi connectivity index (χ3n) is 4.96. The maximum atomic E-state index is 11.1. The highest BCUT2D eigenvalue weighted by Gasteiger charge is 2.50. The summed E-state index contributed by atoms with van der Waals surface area (Å²) in [5, 5.41) is 10.7. The molecule has 0 bridgehead atoms. The molecule has 0 amide bonds. The van der Waals surface area contributed by atoms with Crippen LogP contribution in [0.4, 0.5) is 0 Å². The molecule has 20 heavy (non-hydrogen) atoms. The van der Waals surface area contributed by atoms with Crippen molar-refractivity contribution in [2.45, 2.75) is 66.4 Å². The van der Waals surface area contributed by atoms with Gasteiger partial charge < -0.3 is 9.84 Å². The van der Waals surface area contributed by atoms with Gasteiger partial charge in [-0.1, -0.05) is 25.5 Å². The van der Waals surface area contributed by atoms with E-state index < -0.39 is 5.60 Å². The molecule has 0 aromatic rings. The molecule has 0 aliphatic heterocycles. The van der Waals surface area contributed by atoms with Gasteiger partial charge >= 0.3 is 5.97 Å². The number of esters is 1.